The Bertz CT molecular complexity index is 1410. The third kappa shape index (κ3) is 61.1. The molecular weight excluding hydrogens is 954 g/mol. The van der Waals surface area contributed by atoms with E-state index in [2.05, 4.69) is 62.5 Å². The van der Waals surface area contributed by atoms with Crippen LogP contribution in [0.4, 0.5) is 0 Å². The lowest BCUT2D eigenvalue weighted by Crippen LogP contribution is -2.37. The van der Waals surface area contributed by atoms with E-state index in [1.807, 2.05) is 21.1 Å². The van der Waals surface area contributed by atoms with Crippen molar-refractivity contribution in [1.82, 2.24) is 0 Å². The van der Waals surface area contributed by atoms with Gasteiger partial charge in [0.15, 0.2) is 6.10 Å². The Morgan fingerprint density at radius 2 is 0.760 bits per heavy atom. The number of allylic oxidation sites excluding steroid dienone is 8. The molecule has 0 aliphatic heterocycles. The summed E-state index contributed by atoms with van der Waals surface area (Å²) < 4.78 is 34.5. The second-order valence-corrected chi connectivity index (χ2v) is 24.2. The minimum atomic E-state index is -4.38. The van der Waals surface area contributed by atoms with Crippen molar-refractivity contribution in [1.29, 1.82) is 0 Å². The molecule has 0 heterocycles. The van der Waals surface area contributed by atoms with Crippen LogP contribution in [0.3, 0.4) is 0 Å². The molecule has 0 saturated carbocycles. The SMILES string of the molecule is CC/C=C\C/C=C\C/C=C\C/C=C\CCCCCCCCCCCCCCCCCCCCCCCCCCCCC(=O)OC(COC(=O)CCCCCCCCCCCCCC)COP(=O)(O)OCC[N+](C)(C)C. The maximum Gasteiger partial charge on any atom is 0.472 e. The molecule has 0 aromatic carbocycles. The number of unbranched alkanes of at least 4 members (excludes halogenated alkanes) is 37. The van der Waals surface area contributed by atoms with Crippen molar-refractivity contribution in [2.75, 3.05) is 47.5 Å². The number of likely N-dealkylation sites (N-methyl/N-ethyl adjacent to an activating group) is 1. The van der Waals surface area contributed by atoms with Crippen LogP contribution in [0.15, 0.2) is 48.6 Å². The van der Waals surface area contributed by atoms with Crippen molar-refractivity contribution < 1.29 is 42.1 Å². The molecule has 0 fully saturated rings. The average Bonchev–Trinajstić information content (AvgIpc) is 3.37. The zero-order valence-corrected chi connectivity index (χ0v) is 50.9. The van der Waals surface area contributed by atoms with E-state index < -0.39 is 26.5 Å². The van der Waals surface area contributed by atoms with Crippen molar-refractivity contribution in [3.8, 4) is 0 Å². The fraction of sp³-hybridized carbons (Fsp3) is 0.846. The van der Waals surface area contributed by atoms with Crippen LogP contribution in [0, 0.1) is 0 Å². The molecule has 9 nitrogen and oxygen atoms in total. The fourth-order valence-electron chi connectivity index (χ4n) is 9.25. The summed E-state index contributed by atoms with van der Waals surface area (Å²) in [5.74, 6) is -0.781. The van der Waals surface area contributed by atoms with Gasteiger partial charge in [-0.25, -0.2) is 4.57 Å². The summed E-state index contributed by atoms with van der Waals surface area (Å²) in [6.07, 6.45) is 72.3. The molecule has 0 aromatic heterocycles. The van der Waals surface area contributed by atoms with E-state index in [9.17, 15) is 19.0 Å². The highest BCUT2D eigenvalue weighted by atomic mass is 31.2. The van der Waals surface area contributed by atoms with Crippen LogP contribution < -0.4 is 0 Å². The Hall–Kier alpha value is -2.03. The topological polar surface area (TPSA) is 108 Å². The summed E-state index contributed by atoms with van der Waals surface area (Å²) in [6, 6.07) is 0. The molecule has 0 spiro atoms. The summed E-state index contributed by atoms with van der Waals surface area (Å²) in [6.45, 7) is 4.35. The van der Waals surface area contributed by atoms with Crippen molar-refractivity contribution >= 4 is 19.8 Å². The van der Waals surface area contributed by atoms with E-state index in [1.165, 1.54) is 212 Å². The zero-order valence-electron chi connectivity index (χ0n) is 50.0. The van der Waals surface area contributed by atoms with E-state index >= 15 is 0 Å². The molecule has 75 heavy (non-hydrogen) atoms. The largest absolute Gasteiger partial charge is 0.472 e. The standard InChI is InChI=1S/C65H122NO8P/c1-6-8-10-12-14-16-18-20-21-22-23-24-25-26-27-28-29-30-31-32-33-34-35-36-37-38-39-40-41-42-43-44-45-46-48-50-52-54-56-58-65(68)74-63(62-73-75(69,70)72-60-59-66(3,4)5)61-71-64(67)57-55-53-51-49-47-19-17-15-13-11-9-7-2/h8,10,14,16,20-21,23-24,63H,6-7,9,11-13,15,17-19,22,25-62H2,1-5H3/p+1/b10-8-,16-14-,21-20-,24-23-. The van der Waals surface area contributed by atoms with E-state index in [4.69, 9.17) is 18.5 Å². The van der Waals surface area contributed by atoms with Crippen molar-refractivity contribution in [3.63, 3.8) is 0 Å². The number of ether oxygens (including phenoxy) is 2. The summed E-state index contributed by atoms with van der Waals surface area (Å²) in [4.78, 5) is 35.6. The number of esters is 2. The molecule has 1 N–H and O–H groups in total. The number of rotatable bonds is 59. The first kappa shape index (κ1) is 73.0. The summed E-state index contributed by atoms with van der Waals surface area (Å²) in [7, 11) is 1.49. The molecule has 2 atom stereocenters. The highest BCUT2D eigenvalue weighted by Crippen LogP contribution is 2.43. The number of quaternary nitrogens is 1. The molecular formula is C65H123NO8P+. The smallest absolute Gasteiger partial charge is 0.462 e. The molecule has 0 radical (unpaired) electrons. The summed E-state index contributed by atoms with van der Waals surface area (Å²) in [5.41, 5.74) is 0. The van der Waals surface area contributed by atoms with Crippen molar-refractivity contribution in [2.45, 2.75) is 309 Å². The van der Waals surface area contributed by atoms with Gasteiger partial charge >= 0.3 is 19.8 Å². The summed E-state index contributed by atoms with van der Waals surface area (Å²) in [5, 5.41) is 0. The quantitative estimate of drug-likeness (QED) is 0.0211. The lowest BCUT2D eigenvalue weighted by Gasteiger charge is -2.24. The molecule has 0 rings (SSSR count). The molecule has 0 bridgehead atoms. The fourth-order valence-corrected chi connectivity index (χ4v) is 9.99. The maximum atomic E-state index is 12.8. The predicted octanol–water partition coefficient (Wildman–Crippen LogP) is 20.1. The van der Waals surface area contributed by atoms with Gasteiger partial charge in [-0.15, -0.1) is 0 Å². The highest BCUT2D eigenvalue weighted by molar-refractivity contribution is 7.47. The van der Waals surface area contributed by atoms with Crippen LogP contribution in [0.25, 0.3) is 0 Å². The van der Waals surface area contributed by atoms with E-state index in [0.29, 0.717) is 23.9 Å². The molecule has 2 unspecified atom stereocenters. The second-order valence-electron chi connectivity index (χ2n) is 22.8. The van der Waals surface area contributed by atoms with Gasteiger partial charge in [-0.1, -0.05) is 287 Å². The molecule has 0 aromatic rings. The molecule has 0 aliphatic rings. The first-order valence-electron chi connectivity index (χ1n) is 31.9. The van der Waals surface area contributed by atoms with Crippen LogP contribution in [-0.2, 0) is 32.7 Å². The van der Waals surface area contributed by atoms with Crippen LogP contribution in [0.2, 0.25) is 0 Å². The Morgan fingerprint density at radius 3 is 1.13 bits per heavy atom. The van der Waals surface area contributed by atoms with Gasteiger partial charge in [0.2, 0.25) is 0 Å². The number of phosphoric acid groups is 1. The summed E-state index contributed by atoms with van der Waals surface area (Å²) >= 11 is 0. The number of hydrogen-bond acceptors (Lipinski definition) is 7. The van der Waals surface area contributed by atoms with Gasteiger partial charge in [0.25, 0.3) is 0 Å². The number of carbonyl (C=O) groups excluding carboxylic acids is 2. The molecule has 10 heteroatoms. The van der Waals surface area contributed by atoms with Crippen molar-refractivity contribution in [2.24, 2.45) is 0 Å². The highest BCUT2D eigenvalue weighted by Gasteiger charge is 2.27. The van der Waals surface area contributed by atoms with Gasteiger partial charge in [0.05, 0.1) is 27.7 Å². The third-order valence-electron chi connectivity index (χ3n) is 14.1. The lowest BCUT2D eigenvalue weighted by molar-refractivity contribution is -0.870. The van der Waals surface area contributed by atoms with E-state index in [0.717, 1.165) is 57.8 Å². The van der Waals surface area contributed by atoms with Crippen molar-refractivity contribution in [3.05, 3.63) is 48.6 Å². The third-order valence-corrected chi connectivity index (χ3v) is 15.1. The monoisotopic (exact) mass is 1080 g/mol. The minimum Gasteiger partial charge on any atom is -0.462 e. The van der Waals surface area contributed by atoms with Crippen LogP contribution >= 0.6 is 7.82 Å². The normalized spacial score (nSPS) is 13.5. The zero-order chi connectivity index (χ0) is 54.9. The van der Waals surface area contributed by atoms with Gasteiger partial charge in [0.1, 0.15) is 19.8 Å². The first-order chi connectivity index (χ1) is 36.5. The van der Waals surface area contributed by atoms with Gasteiger partial charge in [-0.05, 0) is 51.4 Å². The number of hydrogen-bond donors (Lipinski definition) is 1. The van der Waals surface area contributed by atoms with Gasteiger partial charge < -0.3 is 18.9 Å². The Morgan fingerprint density at radius 1 is 0.427 bits per heavy atom. The van der Waals surface area contributed by atoms with Gasteiger partial charge in [-0.2, -0.15) is 0 Å². The Labute approximate surface area is 464 Å². The van der Waals surface area contributed by atoms with Crippen LogP contribution in [-0.4, -0.2) is 74.9 Å². The molecule has 0 amide bonds. The first-order valence-corrected chi connectivity index (χ1v) is 33.4. The molecule has 0 saturated heterocycles. The van der Waals surface area contributed by atoms with E-state index in [1.54, 1.807) is 0 Å². The van der Waals surface area contributed by atoms with Gasteiger partial charge in [0, 0.05) is 12.8 Å². The number of carbonyl (C=O) groups is 2. The number of nitrogens with zero attached hydrogens (tertiary/aromatic N) is 1. The average molecular weight is 1080 g/mol. The van der Waals surface area contributed by atoms with E-state index in [-0.39, 0.29) is 25.6 Å². The lowest BCUT2D eigenvalue weighted by atomic mass is 10.0. The van der Waals surface area contributed by atoms with Gasteiger partial charge in [-0.3, -0.25) is 18.6 Å². The second kappa shape index (κ2) is 56.7. The molecule has 0 aliphatic carbocycles. The van der Waals surface area contributed by atoms with Crippen LogP contribution in [0.5, 0.6) is 0 Å². The van der Waals surface area contributed by atoms with Crippen LogP contribution in [0.1, 0.15) is 303 Å². The minimum absolute atomic E-state index is 0.0349. The Balaban J connectivity index is 3.85. The predicted molar refractivity (Wildman–Crippen MR) is 321 cm³/mol. The maximum absolute atomic E-state index is 12.8. The Kier molecular flexibility index (Phi) is 55.1. The molecule has 440 valence electrons. The number of phosphoric ester groups is 1.